The number of nitrogens with zero attached hydrogens (tertiary/aromatic N) is 1. The number of aryl methyl sites for hydroxylation is 1. The molecule has 1 aliphatic rings. The summed E-state index contributed by atoms with van der Waals surface area (Å²) in [5.74, 6) is 0.320. The summed E-state index contributed by atoms with van der Waals surface area (Å²) in [6.45, 7) is 3.25. The van der Waals surface area contributed by atoms with Crippen molar-refractivity contribution in [3.05, 3.63) is 42.1 Å². The Morgan fingerprint density at radius 1 is 1.33 bits per heavy atom. The number of nitrogens with one attached hydrogen (secondary N) is 1. The van der Waals surface area contributed by atoms with Crippen LogP contribution in [0.15, 0.2) is 41.4 Å². The molecule has 2 rings (SSSR count). The minimum Gasteiger partial charge on any atom is -0.394 e. The maximum Gasteiger partial charge on any atom is 0.245 e. The lowest BCUT2D eigenvalue weighted by atomic mass is 10.1. The number of aliphatic hydroxyl groups is 2. The Kier molecular flexibility index (Phi) is 11.8. The summed E-state index contributed by atoms with van der Waals surface area (Å²) in [4.78, 5) is 25.1. The molecule has 0 bridgehead atoms. The molecule has 10 nitrogen and oxygen atoms in total. The van der Waals surface area contributed by atoms with E-state index in [1.165, 1.54) is 18.8 Å². The van der Waals surface area contributed by atoms with E-state index in [-0.39, 0.29) is 19.7 Å². The van der Waals surface area contributed by atoms with Gasteiger partial charge in [0.2, 0.25) is 12.3 Å². The molecule has 0 aliphatic carbocycles. The third-order valence-corrected chi connectivity index (χ3v) is 6.08. The van der Waals surface area contributed by atoms with Gasteiger partial charge in [-0.05, 0) is 26.0 Å². The molecule has 0 spiro atoms. The van der Waals surface area contributed by atoms with E-state index < -0.39 is 37.1 Å². The van der Waals surface area contributed by atoms with Crippen LogP contribution in [0.1, 0.15) is 12.5 Å². The molecule has 5 unspecified atom stereocenters. The molecule has 2 amide bonds. The Morgan fingerprint density at radius 3 is 2.70 bits per heavy atom. The first-order valence-electron chi connectivity index (χ1n) is 10.5. The number of hydrogen-bond acceptors (Lipinski definition) is 9. The molecule has 3 N–H and O–H groups in total. The number of amides is 2. The molecule has 33 heavy (non-hydrogen) atoms. The average molecular weight is 485 g/mol. The highest BCUT2D eigenvalue weighted by atomic mass is 32.2. The lowest BCUT2D eigenvalue weighted by Crippen LogP contribution is -2.43. The zero-order valence-electron chi connectivity index (χ0n) is 19.0. The molecule has 11 heteroatoms. The minimum atomic E-state index is -1.20. The van der Waals surface area contributed by atoms with Gasteiger partial charge >= 0.3 is 0 Å². The standard InChI is InChI=1S/C22H32N2O8S/c1-15-4-6-17(7-5-15)33-11-16(2)30-13-29-14-31-21-20(28)18(10-25)32-22(21)24(12-26)9-8-19(27)23-3/h4-9,12,16,18,20-22,25,28H,10-11,13-14H2,1-3H3,(H,23,27)/b9-8-. The van der Waals surface area contributed by atoms with E-state index in [1.54, 1.807) is 11.8 Å². The van der Waals surface area contributed by atoms with Crippen LogP contribution in [0.3, 0.4) is 0 Å². The molecular formula is C22H32N2O8S. The summed E-state index contributed by atoms with van der Waals surface area (Å²) in [5.41, 5.74) is 1.21. The van der Waals surface area contributed by atoms with Gasteiger partial charge < -0.3 is 34.5 Å². The van der Waals surface area contributed by atoms with E-state index in [0.717, 1.165) is 21.6 Å². The van der Waals surface area contributed by atoms with Crippen LogP contribution >= 0.6 is 11.8 Å². The van der Waals surface area contributed by atoms with Crippen LogP contribution in [0.2, 0.25) is 0 Å². The normalized spacial score (nSPS) is 23.5. The first-order valence-corrected chi connectivity index (χ1v) is 11.5. The van der Waals surface area contributed by atoms with E-state index in [9.17, 15) is 19.8 Å². The highest BCUT2D eigenvalue weighted by molar-refractivity contribution is 7.99. The lowest BCUT2D eigenvalue weighted by molar-refractivity contribution is -0.186. The average Bonchev–Trinajstić information content (AvgIpc) is 3.13. The van der Waals surface area contributed by atoms with Crippen LogP contribution in [0.5, 0.6) is 0 Å². The van der Waals surface area contributed by atoms with Crippen LogP contribution in [0.4, 0.5) is 0 Å². The number of likely N-dealkylation sites (N-methyl/N-ethyl adjacent to an activating group) is 1. The quantitative estimate of drug-likeness (QED) is 0.114. The summed E-state index contributed by atoms with van der Waals surface area (Å²) in [5, 5.41) is 22.2. The van der Waals surface area contributed by atoms with Crippen molar-refractivity contribution in [1.29, 1.82) is 0 Å². The summed E-state index contributed by atoms with van der Waals surface area (Å²) in [6.07, 6.45) is -1.50. The van der Waals surface area contributed by atoms with E-state index in [1.807, 2.05) is 13.8 Å². The van der Waals surface area contributed by atoms with Gasteiger partial charge in [0.05, 0.1) is 12.7 Å². The van der Waals surface area contributed by atoms with Crippen molar-refractivity contribution in [3.63, 3.8) is 0 Å². The summed E-state index contributed by atoms with van der Waals surface area (Å²) >= 11 is 1.68. The number of carbonyl (C=O) groups is 2. The Bertz CT molecular complexity index is 763. The number of aliphatic hydroxyl groups excluding tert-OH is 2. The summed E-state index contributed by atoms with van der Waals surface area (Å²) in [7, 11) is 1.45. The van der Waals surface area contributed by atoms with Crippen LogP contribution in [-0.4, -0.2) is 91.1 Å². The van der Waals surface area contributed by atoms with Crippen LogP contribution in [0.25, 0.3) is 0 Å². The van der Waals surface area contributed by atoms with Crippen LogP contribution in [-0.2, 0) is 28.5 Å². The molecule has 1 aromatic carbocycles. The number of benzene rings is 1. The highest BCUT2D eigenvalue weighted by Gasteiger charge is 2.46. The smallest absolute Gasteiger partial charge is 0.245 e. The van der Waals surface area contributed by atoms with Gasteiger partial charge in [-0.25, -0.2) is 0 Å². The van der Waals surface area contributed by atoms with Gasteiger partial charge in [0.15, 0.2) is 6.23 Å². The molecular weight excluding hydrogens is 452 g/mol. The number of ether oxygens (including phenoxy) is 4. The van der Waals surface area contributed by atoms with Gasteiger partial charge in [-0.2, -0.15) is 0 Å². The Hall–Kier alpha value is -1.99. The third kappa shape index (κ3) is 8.70. The zero-order chi connectivity index (χ0) is 24.2. The molecule has 1 aromatic rings. The third-order valence-electron chi connectivity index (χ3n) is 4.84. The maximum atomic E-state index is 11.5. The fourth-order valence-corrected chi connectivity index (χ4v) is 3.78. The van der Waals surface area contributed by atoms with E-state index in [0.29, 0.717) is 6.41 Å². The molecule has 1 aliphatic heterocycles. The van der Waals surface area contributed by atoms with Crippen LogP contribution in [0, 0.1) is 6.92 Å². The van der Waals surface area contributed by atoms with Crippen molar-refractivity contribution in [2.45, 2.75) is 49.4 Å². The van der Waals surface area contributed by atoms with Gasteiger partial charge in [-0.1, -0.05) is 17.7 Å². The molecule has 1 heterocycles. The number of thioether (sulfide) groups is 1. The van der Waals surface area contributed by atoms with Gasteiger partial charge in [0.1, 0.15) is 31.9 Å². The second kappa shape index (κ2) is 14.3. The SMILES string of the molecule is CNC(=O)/C=C\N(C=O)C1OC(CO)C(O)C1OCOCOC(C)CSc1ccc(C)cc1. The van der Waals surface area contributed by atoms with E-state index in [4.69, 9.17) is 18.9 Å². The number of hydrogen-bond donors (Lipinski definition) is 3. The summed E-state index contributed by atoms with van der Waals surface area (Å²) < 4.78 is 22.1. The molecule has 1 saturated heterocycles. The van der Waals surface area contributed by atoms with E-state index >= 15 is 0 Å². The Labute approximate surface area is 197 Å². The van der Waals surface area contributed by atoms with Crippen molar-refractivity contribution in [3.8, 4) is 0 Å². The van der Waals surface area contributed by atoms with Gasteiger partial charge in [0, 0.05) is 30.0 Å². The van der Waals surface area contributed by atoms with E-state index in [2.05, 4.69) is 29.6 Å². The Balaban J connectivity index is 1.78. The zero-order valence-corrected chi connectivity index (χ0v) is 19.8. The molecule has 0 radical (unpaired) electrons. The fourth-order valence-electron chi connectivity index (χ4n) is 2.93. The largest absolute Gasteiger partial charge is 0.394 e. The Morgan fingerprint density at radius 2 is 2.06 bits per heavy atom. The second-order valence-electron chi connectivity index (χ2n) is 7.39. The van der Waals surface area contributed by atoms with Gasteiger partial charge in [-0.3, -0.25) is 14.5 Å². The summed E-state index contributed by atoms with van der Waals surface area (Å²) in [6, 6.07) is 8.25. The van der Waals surface area contributed by atoms with Crippen LogP contribution < -0.4 is 5.32 Å². The molecule has 0 aromatic heterocycles. The molecule has 0 saturated carbocycles. The second-order valence-corrected chi connectivity index (χ2v) is 8.49. The molecule has 184 valence electrons. The maximum absolute atomic E-state index is 11.5. The fraction of sp³-hybridized carbons (Fsp3) is 0.545. The monoisotopic (exact) mass is 484 g/mol. The number of rotatable bonds is 14. The van der Waals surface area contributed by atoms with Crippen molar-refractivity contribution < 1.29 is 38.7 Å². The molecule has 5 atom stereocenters. The van der Waals surface area contributed by atoms with Crippen molar-refractivity contribution in [2.75, 3.05) is 33.0 Å². The predicted octanol–water partition coefficient (Wildman–Crippen LogP) is 0.605. The first kappa shape index (κ1) is 27.3. The lowest BCUT2D eigenvalue weighted by Gasteiger charge is -2.26. The first-order chi connectivity index (χ1) is 15.9. The van der Waals surface area contributed by atoms with Crippen molar-refractivity contribution in [2.24, 2.45) is 0 Å². The topological polar surface area (TPSA) is 127 Å². The van der Waals surface area contributed by atoms with Gasteiger partial charge in [0.25, 0.3) is 0 Å². The van der Waals surface area contributed by atoms with Crippen molar-refractivity contribution >= 4 is 24.1 Å². The van der Waals surface area contributed by atoms with Gasteiger partial charge in [-0.15, -0.1) is 11.8 Å². The van der Waals surface area contributed by atoms with Crippen molar-refractivity contribution in [1.82, 2.24) is 10.2 Å². The predicted molar refractivity (Wildman–Crippen MR) is 121 cm³/mol. The molecule has 1 fully saturated rings. The number of carbonyl (C=O) groups excluding carboxylic acids is 2. The minimum absolute atomic E-state index is 0.0264. The highest BCUT2D eigenvalue weighted by Crippen LogP contribution is 2.26.